The van der Waals surface area contributed by atoms with Crippen LogP contribution in [0.25, 0.3) is 0 Å². The molecule has 0 aliphatic carbocycles. The van der Waals surface area contributed by atoms with E-state index in [4.69, 9.17) is 4.74 Å². The van der Waals surface area contributed by atoms with E-state index < -0.39 is 41.8 Å². The van der Waals surface area contributed by atoms with Crippen molar-refractivity contribution in [1.82, 2.24) is 20.4 Å². The van der Waals surface area contributed by atoms with Crippen LogP contribution in [0.2, 0.25) is 13.3 Å². The number of rotatable bonds is 16. The second-order valence-electron chi connectivity index (χ2n) is 12.2. The fourth-order valence-electron chi connectivity index (χ4n) is 6.83. The minimum atomic E-state index is -2.53. The van der Waals surface area contributed by atoms with Crippen molar-refractivity contribution in [3.63, 3.8) is 0 Å². The molecule has 2 aliphatic rings. The van der Waals surface area contributed by atoms with E-state index >= 15 is 0 Å². The van der Waals surface area contributed by atoms with Gasteiger partial charge in [0.15, 0.2) is 0 Å². The first-order chi connectivity index (χ1) is 21.3. The van der Waals surface area contributed by atoms with Crippen molar-refractivity contribution in [2.45, 2.75) is 78.1 Å². The topological polar surface area (TPSA) is 111 Å². The first kappa shape index (κ1) is 34.4. The van der Waals surface area contributed by atoms with Crippen molar-refractivity contribution >= 4 is 39.8 Å². The number of aliphatic hydroxyl groups is 1. The maximum atomic E-state index is 13.4. The van der Waals surface area contributed by atoms with E-state index in [0.29, 0.717) is 44.0 Å². The fourth-order valence-corrected chi connectivity index (χ4v) is 22.8. The van der Waals surface area contributed by atoms with Crippen molar-refractivity contribution < 1.29 is 24.2 Å². The average Bonchev–Trinajstić information content (AvgIpc) is 3.03. The number of nitrogens with zero attached hydrogens (tertiary/aromatic N) is 2. The predicted molar refractivity (Wildman–Crippen MR) is 176 cm³/mol. The molecule has 2 aromatic carbocycles. The van der Waals surface area contributed by atoms with Gasteiger partial charge in [-0.05, 0) is 0 Å². The summed E-state index contributed by atoms with van der Waals surface area (Å²) in [5.41, 5.74) is -1.20. The van der Waals surface area contributed by atoms with Gasteiger partial charge in [0, 0.05) is 19.6 Å². The van der Waals surface area contributed by atoms with Crippen LogP contribution >= 0.6 is 0 Å². The summed E-state index contributed by atoms with van der Waals surface area (Å²) in [4.78, 5) is 42.7. The van der Waals surface area contributed by atoms with Crippen LogP contribution in [0.5, 0.6) is 11.5 Å². The minimum absolute atomic E-state index is 0.0468. The number of nitrogens with one attached hydrogen (secondary N) is 2. The van der Waals surface area contributed by atoms with Crippen LogP contribution < -0.4 is 18.9 Å². The Morgan fingerprint density at radius 1 is 0.750 bits per heavy atom. The summed E-state index contributed by atoms with van der Waals surface area (Å²) >= 11 is -2.53. The fraction of sp³-hybridized carbons (Fsp3) is 0.559. The molecule has 0 aromatic heterocycles. The molecule has 44 heavy (non-hydrogen) atoms. The molecule has 2 aromatic rings. The Labute approximate surface area is 266 Å². The average molecular weight is 714 g/mol. The normalized spacial score (nSPS) is 17.8. The van der Waals surface area contributed by atoms with Crippen LogP contribution in [0.1, 0.15) is 64.9 Å². The molecule has 0 bridgehead atoms. The number of imide groups is 2. The number of hydrogen-bond acceptors (Lipinski definition) is 7. The molecule has 2 fully saturated rings. The third-order valence-corrected chi connectivity index (χ3v) is 25.0. The molecule has 0 atom stereocenters. The summed E-state index contributed by atoms with van der Waals surface area (Å²) in [5, 5.41) is 13.9. The summed E-state index contributed by atoms with van der Waals surface area (Å²) in [5.74, 6) is 0.0525. The molecule has 0 spiro atoms. The van der Waals surface area contributed by atoms with Crippen LogP contribution in [-0.4, -0.2) is 90.5 Å². The van der Waals surface area contributed by atoms with E-state index in [-0.39, 0.29) is 6.61 Å². The van der Waals surface area contributed by atoms with Crippen molar-refractivity contribution in [1.29, 1.82) is 0 Å². The number of carbonyl (C=O) groups excluding carboxylic acids is 3. The molecular formula is C34H50N4O5Sn. The summed E-state index contributed by atoms with van der Waals surface area (Å²) < 4.78 is 12.1. The molecule has 0 radical (unpaired) electrons. The Morgan fingerprint density at radius 2 is 1.23 bits per heavy atom. The molecule has 3 N–H and O–H groups in total. The number of benzene rings is 2. The van der Waals surface area contributed by atoms with Crippen molar-refractivity contribution in [2.24, 2.45) is 0 Å². The number of unbranched alkanes of at least 4 members (excludes halogenated alkanes) is 3. The molecule has 240 valence electrons. The number of carbonyl (C=O) groups is 3. The van der Waals surface area contributed by atoms with Gasteiger partial charge in [0.05, 0.1) is 6.61 Å². The molecule has 4 rings (SSSR count). The molecule has 10 heteroatoms. The zero-order chi connectivity index (χ0) is 31.6. The van der Waals surface area contributed by atoms with E-state index in [1.54, 1.807) is 27.8 Å². The number of ether oxygens (including phenoxy) is 1. The summed E-state index contributed by atoms with van der Waals surface area (Å²) in [7, 11) is 0. The van der Waals surface area contributed by atoms with E-state index in [1.807, 2.05) is 4.90 Å². The third-order valence-electron chi connectivity index (χ3n) is 9.38. The van der Waals surface area contributed by atoms with E-state index in [2.05, 4.69) is 60.6 Å². The Kier molecular flexibility index (Phi) is 12.7. The van der Waals surface area contributed by atoms with Crippen LogP contribution in [0.4, 0.5) is 4.79 Å². The van der Waals surface area contributed by atoms with Crippen molar-refractivity contribution in [3.05, 3.63) is 54.1 Å². The first-order valence-corrected chi connectivity index (χ1v) is 23.9. The maximum absolute atomic E-state index is 13.4. The van der Waals surface area contributed by atoms with Crippen LogP contribution in [0.15, 0.2) is 48.5 Å². The summed E-state index contributed by atoms with van der Waals surface area (Å²) in [6.45, 7) is 9.52. The monoisotopic (exact) mass is 714 g/mol. The van der Waals surface area contributed by atoms with Gasteiger partial charge in [-0.25, -0.2) is 4.79 Å². The van der Waals surface area contributed by atoms with Gasteiger partial charge in [-0.3, -0.25) is 4.90 Å². The van der Waals surface area contributed by atoms with E-state index in [0.717, 1.165) is 5.75 Å². The third kappa shape index (κ3) is 7.66. The first-order valence-electron chi connectivity index (χ1n) is 16.5. The summed E-state index contributed by atoms with van der Waals surface area (Å²) in [6.07, 6.45) is 7.69. The number of hydrogen-bond donors (Lipinski definition) is 3. The van der Waals surface area contributed by atoms with E-state index in [9.17, 15) is 19.5 Å². The zero-order valence-electron chi connectivity index (χ0n) is 26.7. The molecule has 0 unspecified atom stereocenters. The summed E-state index contributed by atoms with van der Waals surface area (Å²) in [6, 6.07) is 15.0. The molecule has 2 aliphatic heterocycles. The standard InChI is InChI=1S/C22H23N4O5.3C4H9.Sn/c27-15-14-25-10-12-26(13-11-25)22(19(28)23-21(30)24-20(22)29)16-6-8-18(9-7-16)31-17-4-2-1-3-5-17;3*1-3-4-2;/h2-9,27H,10-15H2,(H2,23,24,28,29,30);3*1,3-4H2,2H3;. The van der Waals surface area contributed by atoms with Gasteiger partial charge in [0.1, 0.15) is 0 Å². The molecule has 9 nitrogen and oxygen atoms in total. The van der Waals surface area contributed by atoms with Gasteiger partial charge in [0.25, 0.3) is 0 Å². The van der Waals surface area contributed by atoms with Gasteiger partial charge < -0.3 is 5.11 Å². The number of β-amino-alcohol motifs (C(OH)–C–C–N with tert-alkyl or cyclic N) is 1. The van der Waals surface area contributed by atoms with Gasteiger partial charge in [-0.1, -0.05) is 0 Å². The molecular weight excluding hydrogens is 663 g/mol. The number of amides is 4. The molecule has 4 amide bonds. The quantitative estimate of drug-likeness (QED) is 0.171. The Morgan fingerprint density at radius 3 is 1.68 bits per heavy atom. The zero-order valence-corrected chi connectivity index (χ0v) is 29.6. The Balaban J connectivity index is 1.55. The number of piperazine rings is 1. The van der Waals surface area contributed by atoms with E-state index in [1.165, 1.54) is 51.8 Å². The molecule has 2 saturated heterocycles. The van der Waals surface area contributed by atoms with Gasteiger partial charge in [0.2, 0.25) is 0 Å². The van der Waals surface area contributed by atoms with Crippen molar-refractivity contribution in [3.8, 4) is 11.5 Å². The van der Waals surface area contributed by atoms with Crippen LogP contribution in [-0.2, 0) is 15.1 Å². The number of aliphatic hydroxyl groups excluding tert-OH is 1. The Bertz CT molecular complexity index is 1200. The van der Waals surface area contributed by atoms with Gasteiger partial charge in [-0.2, -0.15) is 0 Å². The number of urea groups is 1. The molecule has 2 heterocycles. The Hall–Kier alpha value is -2.47. The van der Waals surface area contributed by atoms with Crippen molar-refractivity contribution in [2.75, 3.05) is 39.3 Å². The molecule has 0 saturated carbocycles. The second-order valence-corrected chi connectivity index (χ2v) is 25.5. The number of barbiturate groups is 1. The van der Waals surface area contributed by atoms with Crippen LogP contribution in [0, 0.1) is 0 Å². The van der Waals surface area contributed by atoms with Crippen LogP contribution in [0.3, 0.4) is 0 Å². The van der Waals surface area contributed by atoms with Gasteiger partial charge in [-0.15, -0.1) is 0 Å². The predicted octanol–water partition coefficient (Wildman–Crippen LogP) is 4.71. The van der Waals surface area contributed by atoms with Gasteiger partial charge >= 0.3 is 226 Å². The SMILES string of the molecule is CCC[CH2][Sn]([CH2]CCC)([CH2]CCC)[c]1ccc(Oc2ccc(C3(N4CCN(CCO)CC4)C(=O)NC(=O)NC3=O)cc2)cc1. The second kappa shape index (κ2) is 16.2.